The fourth-order valence-corrected chi connectivity index (χ4v) is 5.18. The number of fused-ring (bicyclic) bond motifs is 1. The van der Waals surface area contributed by atoms with Gasteiger partial charge in [0.25, 0.3) is 0 Å². The number of allylic oxidation sites excluding steroid dienone is 2. The van der Waals surface area contributed by atoms with Gasteiger partial charge in [-0.15, -0.1) is 5.10 Å². The number of nitrogens with zero attached hydrogens (tertiary/aromatic N) is 3. The second-order valence-corrected chi connectivity index (χ2v) is 11.5. The highest BCUT2D eigenvalue weighted by atomic mass is 16.5. The minimum absolute atomic E-state index is 0.0651. The van der Waals surface area contributed by atoms with Crippen LogP contribution < -0.4 is 14.8 Å². The molecule has 1 aliphatic heterocycles. The van der Waals surface area contributed by atoms with Gasteiger partial charge in [0.05, 0.1) is 14.2 Å². The summed E-state index contributed by atoms with van der Waals surface area (Å²) in [5, 5.41) is 8.37. The Morgan fingerprint density at radius 1 is 1.00 bits per heavy atom. The van der Waals surface area contributed by atoms with E-state index < -0.39 is 6.04 Å². The Bertz CT molecular complexity index is 1360. The van der Waals surface area contributed by atoms with Crippen molar-refractivity contribution < 1.29 is 14.3 Å². The number of methoxy groups -OCH3 is 2. The molecule has 0 spiro atoms. The smallest absolute Gasteiger partial charge is 0.226 e. The number of Topliss-reactive ketones (excluding diaryl/α,β-unsaturated/α-hetero) is 1. The average molecular weight is 487 g/mol. The molecule has 0 fully saturated rings. The SMILES string of the molecule is COc1ccc(C2C3=C(CC(C)(C)CC3=O)Nc3nc(-c4ccc(C(C)(C)C)cc4)nn32)cc1OC. The lowest BCUT2D eigenvalue weighted by Gasteiger charge is -2.38. The van der Waals surface area contributed by atoms with Crippen LogP contribution in [-0.2, 0) is 10.2 Å². The summed E-state index contributed by atoms with van der Waals surface area (Å²) in [6.45, 7) is 10.8. The Balaban J connectivity index is 1.64. The van der Waals surface area contributed by atoms with Crippen LogP contribution in [0.2, 0.25) is 0 Å². The third kappa shape index (κ3) is 4.16. The summed E-state index contributed by atoms with van der Waals surface area (Å²) >= 11 is 0. The van der Waals surface area contributed by atoms with Gasteiger partial charge in [0, 0.05) is 23.3 Å². The Labute approximate surface area is 212 Å². The number of carbonyl (C=O) groups excluding carboxylic acids is 1. The van der Waals surface area contributed by atoms with E-state index >= 15 is 0 Å². The molecule has 0 amide bonds. The van der Waals surface area contributed by atoms with E-state index in [2.05, 4.69) is 64.2 Å². The third-order valence-electron chi connectivity index (χ3n) is 7.06. The van der Waals surface area contributed by atoms with E-state index in [4.69, 9.17) is 19.6 Å². The number of anilines is 1. The standard InChI is InChI=1S/C29H34N4O3/c1-28(2,3)19-11-8-17(9-12-19)26-31-27-30-20-15-29(4,5)16-21(34)24(20)25(33(27)32-26)18-10-13-22(35-6)23(14-18)36-7/h8-14,25H,15-16H2,1-7H3,(H,30,31,32). The molecular weight excluding hydrogens is 452 g/mol. The largest absolute Gasteiger partial charge is 0.493 e. The van der Waals surface area contributed by atoms with Crippen molar-refractivity contribution in [2.24, 2.45) is 5.41 Å². The Kier molecular flexibility index (Phi) is 5.69. The molecule has 1 aliphatic carbocycles. The van der Waals surface area contributed by atoms with Gasteiger partial charge in [-0.05, 0) is 40.5 Å². The molecule has 7 heteroatoms. The number of rotatable bonds is 4. The van der Waals surface area contributed by atoms with E-state index in [1.54, 1.807) is 14.2 Å². The number of nitrogens with one attached hydrogen (secondary N) is 1. The lowest BCUT2D eigenvalue weighted by Crippen LogP contribution is -2.36. The first kappa shape index (κ1) is 24.1. The van der Waals surface area contributed by atoms with Crippen molar-refractivity contribution in [1.82, 2.24) is 14.8 Å². The Hall–Kier alpha value is -3.61. The second-order valence-electron chi connectivity index (χ2n) is 11.5. The Morgan fingerprint density at radius 3 is 2.33 bits per heavy atom. The van der Waals surface area contributed by atoms with E-state index in [1.165, 1.54) is 5.56 Å². The average Bonchev–Trinajstić information content (AvgIpc) is 3.24. The lowest BCUT2D eigenvalue weighted by atomic mass is 9.73. The minimum Gasteiger partial charge on any atom is -0.493 e. The number of hydrogen-bond acceptors (Lipinski definition) is 6. The van der Waals surface area contributed by atoms with Gasteiger partial charge in [-0.3, -0.25) is 4.79 Å². The quantitative estimate of drug-likeness (QED) is 0.493. The maximum Gasteiger partial charge on any atom is 0.226 e. The third-order valence-corrected chi connectivity index (χ3v) is 7.06. The molecule has 2 aromatic carbocycles. The zero-order valence-electron chi connectivity index (χ0n) is 22.1. The maximum atomic E-state index is 13.5. The number of carbonyl (C=O) groups is 1. The predicted octanol–water partition coefficient (Wildman–Crippen LogP) is 5.92. The summed E-state index contributed by atoms with van der Waals surface area (Å²) in [6, 6.07) is 13.7. The summed E-state index contributed by atoms with van der Waals surface area (Å²) in [5.41, 5.74) is 4.69. The van der Waals surface area contributed by atoms with Crippen LogP contribution >= 0.6 is 0 Å². The van der Waals surface area contributed by atoms with Crippen molar-refractivity contribution in [2.45, 2.75) is 58.9 Å². The molecular formula is C29H34N4O3. The van der Waals surface area contributed by atoms with Gasteiger partial charge in [-0.25, -0.2) is 4.68 Å². The summed E-state index contributed by atoms with van der Waals surface area (Å²) in [5.74, 6) is 2.63. The molecule has 1 atom stereocenters. The van der Waals surface area contributed by atoms with Crippen molar-refractivity contribution in [3.8, 4) is 22.9 Å². The van der Waals surface area contributed by atoms with Crippen LogP contribution in [-0.4, -0.2) is 34.8 Å². The number of ether oxygens (including phenoxy) is 2. The molecule has 2 heterocycles. The molecule has 1 aromatic heterocycles. The highest BCUT2D eigenvalue weighted by Gasteiger charge is 2.42. The van der Waals surface area contributed by atoms with Crippen molar-refractivity contribution in [1.29, 1.82) is 0 Å². The first-order valence-corrected chi connectivity index (χ1v) is 12.3. The lowest BCUT2D eigenvalue weighted by molar-refractivity contribution is -0.118. The number of benzene rings is 2. The van der Waals surface area contributed by atoms with Crippen LogP contribution in [0.15, 0.2) is 53.7 Å². The Morgan fingerprint density at radius 2 is 1.69 bits per heavy atom. The number of ketones is 1. The highest BCUT2D eigenvalue weighted by molar-refractivity contribution is 6.00. The second kappa shape index (κ2) is 8.50. The highest BCUT2D eigenvalue weighted by Crippen LogP contribution is 2.46. The molecule has 0 saturated carbocycles. The van der Waals surface area contributed by atoms with Crippen LogP contribution in [0.25, 0.3) is 11.4 Å². The number of hydrogen-bond donors (Lipinski definition) is 1. The van der Waals surface area contributed by atoms with Gasteiger partial charge in [-0.2, -0.15) is 4.98 Å². The molecule has 0 bridgehead atoms. The topological polar surface area (TPSA) is 78.3 Å². The maximum absolute atomic E-state index is 13.5. The monoisotopic (exact) mass is 486 g/mol. The summed E-state index contributed by atoms with van der Waals surface area (Å²) in [4.78, 5) is 18.4. The van der Waals surface area contributed by atoms with Crippen LogP contribution in [0.5, 0.6) is 11.5 Å². The molecule has 0 saturated heterocycles. The van der Waals surface area contributed by atoms with Crippen molar-refractivity contribution >= 4 is 11.7 Å². The van der Waals surface area contributed by atoms with Crippen molar-refractivity contribution in [3.05, 3.63) is 64.9 Å². The number of aromatic nitrogens is 3. The summed E-state index contributed by atoms with van der Waals surface area (Å²) < 4.78 is 12.9. The van der Waals surface area contributed by atoms with Crippen LogP contribution in [0.3, 0.4) is 0 Å². The molecule has 7 nitrogen and oxygen atoms in total. The first-order valence-electron chi connectivity index (χ1n) is 12.3. The van der Waals surface area contributed by atoms with Crippen LogP contribution in [0.1, 0.15) is 64.6 Å². The van der Waals surface area contributed by atoms with Gasteiger partial charge >= 0.3 is 0 Å². The molecule has 1 unspecified atom stereocenters. The van der Waals surface area contributed by atoms with Gasteiger partial charge < -0.3 is 14.8 Å². The first-order chi connectivity index (χ1) is 17.0. The van der Waals surface area contributed by atoms with Crippen molar-refractivity contribution in [2.75, 3.05) is 19.5 Å². The molecule has 1 N–H and O–H groups in total. The van der Waals surface area contributed by atoms with Crippen LogP contribution in [0, 0.1) is 5.41 Å². The molecule has 2 aliphatic rings. The molecule has 0 radical (unpaired) electrons. The molecule has 188 valence electrons. The molecule has 36 heavy (non-hydrogen) atoms. The van der Waals surface area contributed by atoms with Gasteiger partial charge in [-0.1, -0.05) is 65.0 Å². The van der Waals surface area contributed by atoms with E-state index in [0.717, 1.165) is 28.8 Å². The van der Waals surface area contributed by atoms with Crippen molar-refractivity contribution in [3.63, 3.8) is 0 Å². The van der Waals surface area contributed by atoms with E-state index in [-0.39, 0.29) is 16.6 Å². The van der Waals surface area contributed by atoms with E-state index in [1.807, 2.05) is 22.9 Å². The normalized spacial score (nSPS) is 18.9. The molecule has 5 rings (SSSR count). The molecule has 3 aromatic rings. The predicted molar refractivity (Wildman–Crippen MR) is 141 cm³/mol. The fraction of sp³-hybridized carbons (Fsp3) is 0.414. The van der Waals surface area contributed by atoms with Gasteiger partial charge in [0.2, 0.25) is 5.95 Å². The summed E-state index contributed by atoms with van der Waals surface area (Å²) in [6.07, 6.45) is 1.25. The van der Waals surface area contributed by atoms with Crippen LogP contribution in [0.4, 0.5) is 5.95 Å². The minimum atomic E-state index is -0.408. The fourth-order valence-electron chi connectivity index (χ4n) is 5.18. The van der Waals surface area contributed by atoms with E-state index in [9.17, 15) is 4.79 Å². The van der Waals surface area contributed by atoms with Gasteiger partial charge in [0.15, 0.2) is 23.1 Å². The zero-order valence-corrected chi connectivity index (χ0v) is 22.1. The zero-order chi connectivity index (χ0) is 25.8. The summed E-state index contributed by atoms with van der Waals surface area (Å²) in [7, 11) is 3.23. The van der Waals surface area contributed by atoms with Gasteiger partial charge in [0.1, 0.15) is 6.04 Å². The van der Waals surface area contributed by atoms with E-state index in [0.29, 0.717) is 29.7 Å².